The van der Waals surface area contributed by atoms with Gasteiger partial charge in [0.1, 0.15) is 5.69 Å². The Morgan fingerprint density at radius 1 is 1.48 bits per heavy atom. The number of nitrogens with one attached hydrogen (secondary N) is 1. The lowest BCUT2D eigenvalue weighted by atomic mass is 10.3. The third kappa shape index (κ3) is 6.26. The quantitative estimate of drug-likeness (QED) is 0.595. The van der Waals surface area contributed by atoms with Gasteiger partial charge in [-0.1, -0.05) is 0 Å². The molecule has 1 aromatic rings. The molecule has 0 amide bonds. The summed E-state index contributed by atoms with van der Waals surface area (Å²) in [6, 6.07) is 1.60. The fourth-order valence-electron chi connectivity index (χ4n) is 1.53. The molecule has 0 saturated carbocycles. The van der Waals surface area contributed by atoms with Gasteiger partial charge in [0.05, 0.1) is 19.5 Å². The van der Waals surface area contributed by atoms with Crippen LogP contribution in [0.2, 0.25) is 0 Å². The number of aromatic nitrogens is 1. The number of anilines is 1. The van der Waals surface area contributed by atoms with Crippen molar-refractivity contribution in [3.63, 3.8) is 0 Å². The molecule has 0 aliphatic carbocycles. The van der Waals surface area contributed by atoms with Gasteiger partial charge >= 0.3 is 5.97 Å². The highest BCUT2D eigenvalue weighted by Gasteiger charge is 2.09. The predicted octanol–water partition coefficient (Wildman–Crippen LogP) is 1.12. The molecule has 0 atom stereocenters. The molecule has 0 bridgehead atoms. The number of nitrogens with zero attached hydrogens (tertiary/aromatic N) is 1. The lowest BCUT2D eigenvalue weighted by Gasteiger charge is -2.09. The van der Waals surface area contributed by atoms with Crippen molar-refractivity contribution in [2.75, 3.05) is 25.3 Å². The highest BCUT2D eigenvalue weighted by atomic mass is 32.2. The van der Waals surface area contributed by atoms with Gasteiger partial charge in [0.2, 0.25) is 5.88 Å². The van der Waals surface area contributed by atoms with Crippen LogP contribution < -0.4 is 10.1 Å². The molecule has 7 nitrogen and oxygen atoms in total. The average molecular weight is 314 g/mol. The van der Waals surface area contributed by atoms with Crippen molar-refractivity contribution >= 4 is 21.5 Å². The summed E-state index contributed by atoms with van der Waals surface area (Å²) in [6.45, 7) is 2.00. The van der Waals surface area contributed by atoms with Gasteiger partial charge in [-0.2, -0.15) is 0 Å². The molecule has 0 aliphatic rings. The standard InChI is InChI=1S/C13H18N2O5S/c1-4-20-12(16)5-6-14-11-7-10(9-21(3,17)18)8-15-13(11)19-2/h5-8,14H,4,9H2,1-3H3/b6-5+. The van der Waals surface area contributed by atoms with Crippen molar-refractivity contribution in [1.82, 2.24) is 4.98 Å². The molecule has 8 heteroatoms. The van der Waals surface area contributed by atoms with Gasteiger partial charge in [-0.3, -0.25) is 0 Å². The topological polar surface area (TPSA) is 94.6 Å². The number of methoxy groups -OCH3 is 1. The number of hydrogen-bond acceptors (Lipinski definition) is 7. The van der Waals surface area contributed by atoms with E-state index in [1.54, 1.807) is 13.0 Å². The Balaban J connectivity index is 2.88. The van der Waals surface area contributed by atoms with Crippen molar-refractivity contribution < 1.29 is 22.7 Å². The number of ether oxygens (including phenoxy) is 2. The van der Waals surface area contributed by atoms with Gasteiger partial charge in [-0.05, 0) is 18.6 Å². The van der Waals surface area contributed by atoms with Crippen molar-refractivity contribution in [2.24, 2.45) is 0 Å². The minimum absolute atomic E-state index is 0.125. The van der Waals surface area contributed by atoms with Crippen molar-refractivity contribution in [3.05, 3.63) is 30.1 Å². The fourth-order valence-corrected chi connectivity index (χ4v) is 2.30. The number of carbonyl (C=O) groups excluding carboxylic acids is 1. The van der Waals surface area contributed by atoms with E-state index in [1.807, 2.05) is 0 Å². The molecule has 0 unspecified atom stereocenters. The van der Waals surface area contributed by atoms with E-state index in [4.69, 9.17) is 9.47 Å². The molecule has 21 heavy (non-hydrogen) atoms. The SMILES string of the molecule is CCOC(=O)/C=C/Nc1cc(CS(C)(=O)=O)cnc1OC. The van der Waals surface area contributed by atoms with E-state index < -0.39 is 15.8 Å². The molecule has 0 aliphatic heterocycles. The summed E-state index contributed by atoms with van der Waals surface area (Å²) in [5, 5.41) is 2.82. The highest BCUT2D eigenvalue weighted by molar-refractivity contribution is 7.89. The first-order valence-electron chi connectivity index (χ1n) is 6.16. The third-order valence-corrected chi connectivity index (χ3v) is 3.13. The molecule has 0 radical (unpaired) electrons. The number of pyridine rings is 1. The number of carbonyl (C=O) groups is 1. The van der Waals surface area contributed by atoms with E-state index in [0.29, 0.717) is 17.1 Å². The summed E-state index contributed by atoms with van der Waals surface area (Å²) in [5.74, 6) is -0.315. The number of hydrogen-bond donors (Lipinski definition) is 1. The monoisotopic (exact) mass is 314 g/mol. The van der Waals surface area contributed by atoms with Gasteiger partial charge in [-0.25, -0.2) is 18.2 Å². The third-order valence-electron chi connectivity index (χ3n) is 2.27. The summed E-state index contributed by atoms with van der Waals surface area (Å²) < 4.78 is 32.4. The van der Waals surface area contributed by atoms with Crippen LogP contribution in [0.4, 0.5) is 5.69 Å². The van der Waals surface area contributed by atoms with Crippen LogP contribution >= 0.6 is 0 Å². The Kier molecular flexibility index (Phi) is 6.16. The van der Waals surface area contributed by atoms with Crippen LogP contribution in [0.25, 0.3) is 0 Å². The van der Waals surface area contributed by atoms with E-state index in [2.05, 4.69) is 10.3 Å². The molecule has 1 N–H and O–H groups in total. The summed E-state index contributed by atoms with van der Waals surface area (Å²) in [5.41, 5.74) is 0.976. The van der Waals surface area contributed by atoms with Crippen LogP contribution in [0.5, 0.6) is 5.88 Å². The van der Waals surface area contributed by atoms with Crippen LogP contribution in [-0.4, -0.2) is 39.3 Å². The van der Waals surface area contributed by atoms with Crippen LogP contribution in [0.3, 0.4) is 0 Å². The number of sulfone groups is 1. The Morgan fingerprint density at radius 3 is 2.76 bits per heavy atom. The maximum Gasteiger partial charge on any atom is 0.332 e. The van der Waals surface area contributed by atoms with Gasteiger partial charge in [0.25, 0.3) is 0 Å². The Labute approximate surface area is 123 Å². The highest BCUT2D eigenvalue weighted by Crippen LogP contribution is 2.23. The van der Waals surface area contributed by atoms with Crippen molar-refractivity contribution in [1.29, 1.82) is 0 Å². The van der Waals surface area contributed by atoms with E-state index in [9.17, 15) is 13.2 Å². The molecule has 1 rings (SSSR count). The van der Waals surface area contributed by atoms with E-state index in [-0.39, 0.29) is 12.4 Å². The molecular weight excluding hydrogens is 296 g/mol. The molecule has 116 valence electrons. The van der Waals surface area contributed by atoms with Crippen LogP contribution in [-0.2, 0) is 25.1 Å². The summed E-state index contributed by atoms with van der Waals surface area (Å²) in [4.78, 5) is 15.2. The second kappa shape index (κ2) is 7.63. The van der Waals surface area contributed by atoms with E-state index in [1.165, 1.54) is 25.6 Å². The largest absolute Gasteiger partial charge is 0.480 e. The fraction of sp³-hybridized carbons (Fsp3) is 0.385. The molecule has 0 saturated heterocycles. The first-order chi connectivity index (χ1) is 9.85. The van der Waals surface area contributed by atoms with Crippen LogP contribution in [0.1, 0.15) is 12.5 Å². The summed E-state index contributed by atoms with van der Waals surface area (Å²) >= 11 is 0. The van der Waals surface area contributed by atoms with Crippen molar-refractivity contribution in [2.45, 2.75) is 12.7 Å². The zero-order valence-electron chi connectivity index (χ0n) is 12.1. The lowest BCUT2D eigenvalue weighted by molar-refractivity contribution is -0.137. The van der Waals surface area contributed by atoms with E-state index >= 15 is 0 Å². The average Bonchev–Trinajstić information content (AvgIpc) is 2.37. The second-order valence-corrected chi connectivity index (χ2v) is 6.34. The minimum Gasteiger partial charge on any atom is -0.480 e. The Morgan fingerprint density at radius 2 is 2.19 bits per heavy atom. The molecular formula is C13H18N2O5S. The molecule has 0 fully saturated rings. The zero-order valence-corrected chi connectivity index (χ0v) is 12.9. The maximum absolute atomic E-state index is 11.3. The van der Waals surface area contributed by atoms with Crippen LogP contribution in [0, 0.1) is 0 Å². The lowest BCUT2D eigenvalue weighted by Crippen LogP contribution is -2.04. The molecule has 0 spiro atoms. The van der Waals surface area contributed by atoms with Crippen LogP contribution in [0.15, 0.2) is 24.5 Å². The smallest absolute Gasteiger partial charge is 0.332 e. The first kappa shape index (κ1) is 17.0. The second-order valence-electron chi connectivity index (χ2n) is 4.20. The maximum atomic E-state index is 11.3. The van der Waals surface area contributed by atoms with Gasteiger partial charge in [0, 0.05) is 24.7 Å². The predicted molar refractivity (Wildman–Crippen MR) is 78.7 cm³/mol. The Bertz CT molecular complexity index is 625. The normalized spacial score (nSPS) is 11.4. The van der Waals surface area contributed by atoms with Crippen molar-refractivity contribution in [3.8, 4) is 5.88 Å². The summed E-state index contributed by atoms with van der Waals surface area (Å²) in [6.07, 6.45) is 5.17. The summed E-state index contributed by atoms with van der Waals surface area (Å²) in [7, 11) is -1.71. The van der Waals surface area contributed by atoms with Gasteiger partial charge in [0.15, 0.2) is 9.84 Å². The first-order valence-corrected chi connectivity index (χ1v) is 8.22. The van der Waals surface area contributed by atoms with Gasteiger partial charge < -0.3 is 14.8 Å². The van der Waals surface area contributed by atoms with Gasteiger partial charge in [-0.15, -0.1) is 0 Å². The minimum atomic E-state index is -3.16. The number of rotatable bonds is 7. The molecule has 1 heterocycles. The van der Waals surface area contributed by atoms with E-state index in [0.717, 1.165) is 6.26 Å². The Hall–Kier alpha value is -2.09. The molecule has 1 aromatic heterocycles. The molecule has 0 aromatic carbocycles. The number of esters is 1. The zero-order chi connectivity index (χ0) is 15.9.